The van der Waals surface area contributed by atoms with Gasteiger partial charge in [0, 0.05) is 17.8 Å². The zero-order chi connectivity index (χ0) is 19.3. The van der Waals surface area contributed by atoms with E-state index in [1.165, 1.54) is 12.1 Å². The lowest BCUT2D eigenvalue weighted by atomic mass is 9.97. The van der Waals surface area contributed by atoms with Crippen molar-refractivity contribution in [1.82, 2.24) is 5.32 Å². The molecule has 26 heavy (non-hydrogen) atoms. The molecule has 2 aromatic carbocycles. The Morgan fingerprint density at radius 1 is 1.31 bits per heavy atom. The van der Waals surface area contributed by atoms with E-state index in [1.54, 1.807) is 0 Å². The van der Waals surface area contributed by atoms with Crippen molar-refractivity contribution < 1.29 is 9.72 Å². The summed E-state index contributed by atoms with van der Waals surface area (Å²) in [7, 11) is 0. The molecular weight excluding hydrogens is 374 g/mol. The van der Waals surface area contributed by atoms with Gasteiger partial charge in [-0.2, -0.15) is 0 Å². The van der Waals surface area contributed by atoms with Gasteiger partial charge in [-0.25, -0.2) is 0 Å². The molecule has 2 aromatic rings. The van der Waals surface area contributed by atoms with Crippen LogP contribution in [0.25, 0.3) is 0 Å². The Kier molecular flexibility index (Phi) is 6.65. The molecule has 0 radical (unpaired) electrons. The van der Waals surface area contributed by atoms with Gasteiger partial charge in [0.1, 0.15) is 0 Å². The lowest BCUT2D eigenvalue weighted by molar-refractivity contribution is -0.384. The summed E-state index contributed by atoms with van der Waals surface area (Å²) >= 11 is 11.2. The molecule has 0 saturated carbocycles. The topological polar surface area (TPSA) is 84.3 Å². The summed E-state index contributed by atoms with van der Waals surface area (Å²) in [5.41, 5.74) is 1.84. The molecule has 0 heterocycles. The van der Waals surface area contributed by atoms with E-state index in [0.29, 0.717) is 5.92 Å². The molecule has 2 N–H and O–H groups in total. The third-order valence-electron chi connectivity index (χ3n) is 3.99. The van der Waals surface area contributed by atoms with Crippen molar-refractivity contribution in [2.24, 2.45) is 0 Å². The van der Waals surface area contributed by atoms with Crippen LogP contribution in [0.2, 0.25) is 5.02 Å². The van der Waals surface area contributed by atoms with Crippen molar-refractivity contribution >= 4 is 46.2 Å². The summed E-state index contributed by atoms with van der Waals surface area (Å²) in [4.78, 5) is 22.5. The van der Waals surface area contributed by atoms with E-state index in [1.807, 2.05) is 24.3 Å². The zero-order valence-corrected chi connectivity index (χ0v) is 15.9. The Morgan fingerprint density at radius 2 is 2.00 bits per heavy atom. The van der Waals surface area contributed by atoms with Crippen LogP contribution in [0.4, 0.5) is 11.4 Å². The molecule has 1 amide bonds. The van der Waals surface area contributed by atoms with E-state index in [9.17, 15) is 14.9 Å². The second-order valence-corrected chi connectivity index (χ2v) is 6.54. The summed E-state index contributed by atoms with van der Waals surface area (Å²) in [6.45, 7) is 4.21. The Balaban J connectivity index is 2.11. The molecule has 0 aliphatic carbocycles. The van der Waals surface area contributed by atoms with E-state index < -0.39 is 10.8 Å². The number of benzene rings is 2. The summed E-state index contributed by atoms with van der Waals surface area (Å²) in [5, 5.41) is 16.4. The molecule has 0 aromatic heterocycles. The summed E-state index contributed by atoms with van der Waals surface area (Å²) in [5.74, 6) is -0.204. The number of non-ortho nitro benzene ring substituents is 1. The monoisotopic (exact) mass is 391 g/mol. The number of carbonyl (C=O) groups excluding carboxylic acids is 1. The predicted octanol–water partition coefficient (Wildman–Crippen LogP) is 4.89. The van der Waals surface area contributed by atoms with Crippen molar-refractivity contribution in [3.63, 3.8) is 0 Å². The first kappa shape index (κ1) is 19.8. The molecule has 1 atom stereocenters. The fourth-order valence-electron chi connectivity index (χ4n) is 2.39. The number of rotatable bonds is 5. The van der Waals surface area contributed by atoms with Gasteiger partial charge in [-0.05, 0) is 42.3 Å². The Hall–Kier alpha value is -2.51. The standard InChI is InChI=1S/C18H18ClN3O3S/c1-3-11(2)13-6-4-5-7-16(13)20-18(26)21-17(23)14-9-8-12(22(24)25)10-15(14)19/h4-11H,3H2,1-2H3,(H2,20,21,23,26). The van der Waals surface area contributed by atoms with Crippen LogP contribution in [0.15, 0.2) is 42.5 Å². The second-order valence-electron chi connectivity index (χ2n) is 5.73. The predicted molar refractivity (Wildman–Crippen MR) is 107 cm³/mol. The quantitative estimate of drug-likeness (QED) is 0.430. The van der Waals surface area contributed by atoms with E-state index in [4.69, 9.17) is 23.8 Å². The van der Waals surface area contributed by atoms with Gasteiger partial charge in [-0.15, -0.1) is 0 Å². The van der Waals surface area contributed by atoms with Crippen LogP contribution in [-0.2, 0) is 0 Å². The molecule has 0 aliphatic rings. The zero-order valence-electron chi connectivity index (χ0n) is 14.3. The number of nitrogens with zero attached hydrogens (tertiary/aromatic N) is 1. The number of nitro benzene ring substituents is 1. The maximum atomic E-state index is 12.3. The molecule has 0 spiro atoms. The second kappa shape index (κ2) is 8.73. The van der Waals surface area contributed by atoms with Gasteiger partial charge >= 0.3 is 0 Å². The van der Waals surface area contributed by atoms with Crippen LogP contribution in [0.3, 0.4) is 0 Å². The maximum absolute atomic E-state index is 12.3. The maximum Gasteiger partial charge on any atom is 0.270 e. The average Bonchev–Trinajstić information content (AvgIpc) is 2.61. The molecule has 1 unspecified atom stereocenters. The first-order chi connectivity index (χ1) is 12.3. The number of nitro groups is 1. The molecule has 0 bridgehead atoms. The van der Waals surface area contributed by atoms with Gasteiger partial charge in [-0.1, -0.05) is 43.6 Å². The van der Waals surface area contributed by atoms with Crippen molar-refractivity contribution in [3.05, 3.63) is 68.7 Å². The van der Waals surface area contributed by atoms with Crippen molar-refractivity contribution in [1.29, 1.82) is 0 Å². The molecule has 136 valence electrons. The molecule has 0 fully saturated rings. The largest absolute Gasteiger partial charge is 0.332 e. The number of carbonyl (C=O) groups is 1. The van der Waals surface area contributed by atoms with Crippen LogP contribution in [0, 0.1) is 10.1 Å². The first-order valence-electron chi connectivity index (χ1n) is 7.98. The molecule has 0 aliphatic heterocycles. The highest BCUT2D eigenvalue weighted by atomic mass is 35.5. The van der Waals surface area contributed by atoms with Crippen molar-refractivity contribution in [3.8, 4) is 0 Å². The van der Waals surface area contributed by atoms with Gasteiger partial charge < -0.3 is 5.32 Å². The summed E-state index contributed by atoms with van der Waals surface area (Å²) < 4.78 is 0. The number of halogens is 1. The highest BCUT2D eigenvalue weighted by Crippen LogP contribution is 2.26. The number of para-hydroxylation sites is 1. The van der Waals surface area contributed by atoms with E-state index in [-0.39, 0.29) is 21.4 Å². The van der Waals surface area contributed by atoms with E-state index >= 15 is 0 Å². The van der Waals surface area contributed by atoms with E-state index in [2.05, 4.69) is 24.5 Å². The SMILES string of the molecule is CCC(C)c1ccccc1NC(=S)NC(=O)c1ccc([N+](=O)[O-])cc1Cl. The summed E-state index contributed by atoms with van der Waals surface area (Å²) in [6, 6.07) is 11.4. The van der Waals surface area contributed by atoms with Gasteiger partial charge in [0.25, 0.3) is 11.6 Å². The third-order valence-corrected chi connectivity index (χ3v) is 4.50. The molecule has 0 saturated heterocycles. The summed E-state index contributed by atoms with van der Waals surface area (Å²) in [6.07, 6.45) is 0.968. The number of amides is 1. The molecular formula is C18H18ClN3O3S. The van der Waals surface area contributed by atoms with E-state index in [0.717, 1.165) is 23.7 Å². The number of hydrogen-bond acceptors (Lipinski definition) is 4. The Bertz CT molecular complexity index is 857. The van der Waals surface area contributed by atoms with Gasteiger partial charge in [0.05, 0.1) is 15.5 Å². The van der Waals surface area contributed by atoms with Crippen LogP contribution in [0.5, 0.6) is 0 Å². The lowest BCUT2D eigenvalue weighted by Crippen LogP contribution is -2.34. The van der Waals surface area contributed by atoms with Crippen LogP contribution in [0.1, 0.15) is 42.1 Å². The fourth-order valence-corrected chi connectivity index (χ4v) is 2.85. The highest BCUT2D eigenvalue weighted by Gasteiger charge is 2.16. The average molecular weight is 392 g/mol. The van der Waals surface area contributed by atoms with Crippen LogP contribution in [-0.4, -0.2) is 15.9 Å². The van der Waals surface area contributed by atoms with Gasteiger partial charge in [0.2, 0.25) is 0 Å². The number of hydrogen-bond donors (Lipinski definition) is 2. The minimum Gasteiger partial charge on any atom is -0.332 e. The molecule has 6 nitrogen and oxygen atoms in total. The Labute approximate surface area is 161 Å². The number of thiocarbonyl (C=S) groups is 1. The number of anilines is 1. The normalized spacial score (nSPS) is 11.5. The van der Waals surface area contributed by atoms with Gasteiger partial charge in [-0.3, -0.25) is 20.2 Å². The highest BCUT2D eigenvalue weighted by molar-refractivity contribution is 7.80. The Morgan fingerprint density at radius 3 is 2.62 bits per heavy atom. The first-order valence-corrected chi connectivity index (χ1v) is 8.77. The van der Waals surface area contributed by atoms with Gasteiger partial charge in [0.15, 0.2) is 5.11 Å². The van der Waals surface area contributed by atoms with Crippen molar-refractivity contribution in [2.45, 2.75) is 26.2 Å². The molecule has 8 heteroatoms. The third kappa shape index (κ3) is 4.77. The minimum atomic E-state index is -0.578. The van der Waals surface area contributed by atoms with Crippen LogP contribution < -0.4 is 10.6 Å². The lowest BCUT2D eigenvalue weighted by Gasteiger charge is -2.17. The smallest absolute Gasteiger partial charge is 0.270 e. The van der Waals surface area contributed by atoms with Crippen LogP contribution >= 0.6 is 23.8 Å². The minimum absolute atomic E-state index is 0.0143. The van der Waals surface area contributed by atoms with Crippen molar-refractivity contribution in [2.75, 3.05) is 5.32 Å². The molecule has 2 rings (SSSR count). The number of nitrogens with one attached hydrogen (secondary N) is 2. The fraction of sp³-hybridized carbons (Fsp3) is 0.222.